The van der Waals surface area contributed by atoms with Gasteiger partial charge in [0.2, 0.25) is 0 Å². The molecule has 0 amide bonds. The van der Waals surface area contributed by atoms with E-state index in [0.717, 1.165) is 39.0 Å². The van der Waals surface area contributed by atoms with Crippen LogP contribution in [0.3, 0.4) is 0 Å². The van der Waals surface area contributed by atoms with Crippen molar-refractivity contribution in [1.29, 1.82) is 0 Å². The molecule has 1 aromatic heterocycles. The Morgan fingerprint density at radius 3 is 1.85 bits per heavy atom. The Balaban J connectivity index is 1.32. The Labute approximate surface area is 232 Å². The van der Waals surface area contributed by atoms with Gasteiger partial charge < -0.3 is 9.32 Å². The summed E-state index contributed by atoms with van der Waals surface area (Å²) in [6, 6.07) is 53.8. The molecular formula is C38H25NO. The van der Waals surface area contributed by atoms with Gasteiger partial charge in [-0.15, -0.1) is 0 Å². The predicted octanol–water partition coefficient (Wildman–Crippen LogP) is 11.0. The van der Waals surface area contributed by atoms with Crippen molar-refractivity contribution in [3.05, 3.63) is 152 Å². The van der Waals surface area contributed by atoms with E-state index in [1.807, 2.05) is 12.1 Å². The highest BCUT2D eigenvalue weighted by atomic mass is 16.3. The summed E-state index contributed by atoms with van der Waals surface area (Å²) in [4.78, 5) is 2.32. The average Bonchev–Trinajstić information content (AvgIpc) is 3.39. The van der Waals surface area contributed by atoms with Crippen molar-refractivity contribution in [2.45, 2.75) is 0 Å². The van der Waals surface area contributed by atoms with Gasteiger partial charge in [-0.05, 0) is 75.6 Å². The maximum absolute atomic E-state index is 6.33. The molecule has 0 atom stereocenters. The molecule has 0 N–H and O–H groups in total. The Kier molecular flexibility index (Phi) is 5.17. The van der Waals surface area contributed by atoms with Crippen molar-refractivity contribution >= 4 is 60.5 Å². The van der Waals surface area contributed by atoms with E-state index in [4.69, 9.17) is 4.42 Å². The molecular weight excluding hydrogens is 486 g/mol. The van der Waals surface area contributed by atoms with Crippen LogP contribution in [0, 0.1) is 0 Å². The quantitative estimate of drug-likeness (QED) is 0.234. The van der Waals surface area contributed by atoms with Crippen molar-refractivity contribution in [3.8, 4) is 11.1 Å². The lowest BCUT2D eigenvalue weighted by Crippen LogP contribution is -2.09. The normalized spacial score (nSPS) is 11.5. The summed E-state index contributed by atoms with van der Waals surface area (Å²) in [5.74, 6) is 0. The van der Waals surface area contributed by atoms with Crippen LogP contribution >= 0.6 is 0 Å². The van der Waals surface area contributed by atoms with Gasteiger partial charge in [0.05, 0.1) is 0 Å². The Morgan fingerprint density at radius 2 is 1.02 bits per heavy atom. The second kappa shape index (κ2) is 9.14. The molecule has 0 spiro atoms. The van der Waals surface area contributed by atoms with Crippen LogP contribution in [0.15, 0.2) is 156 Å². The first-order chi connectivity index (χ1) is 19.8. The molecule has 8 rings (SSSR count). The van der Waals surface area contributed by atoms with Crippen molar-refractivity contribution in [2.75, 3.05) is 4.90 Å². The number of para-hydroxylation sites is 2. The number of fused-ring (bicyclic) bond motifs is 5. The van der Waals surface area contributed by atoms with E-state index in [1.54, 1.807) is 0 Å². The molecule has 0 fully saturated rings. The molecule has 40 heavy (non-hydrogen) atoms. The Morgan fingerprint density at radius 1 is 0.400 bits per heavy atom. The van der Waals surface area contributed by atoms with Gasteiger partial charge in [0.15, 0.2) is 0 Å². The molecule has 0 bridgehead atoms. The minimum absolute atomic E-state index is 0.914. The SMILES string of the molecule is c1ccc(N(c2ccc(-c3c4ccccc4cc4oc5ccccc5c34)cc2)c2ccc3ccccc3c2)cc1. The van der Waals surface area contributed by atoms with E-state index < -0.39 is 0 Å². The average molecular weight is 512 g/mol. The molecule has 0 saturated heterocycles. The third-order valence-electron chi connectivity index (χ3n) is 7.81. The van der Waals surface area contributed by atoms with Gasteiger partial charge in [0.25, 0.3) is 0 Å². The van der Waals surface area contributed by atoms with Crippen LogP contribution in [0.2, 0.25) is 0 Å². The van der Waals surface area contributed by atoms with Crippen LogP contribution in [0.25, 0.3) is 54.6 Å². The van der Waals surface area contributed by atoms with Gasteiger partial charge >= 0.3 is 0 Å². The lowest BCUT2D eigenvalue weighted by atomic mass is 9.93. The number of anilines is 3. The highest BCUT2D eigenvalue weighted by Crippen LogP contribution is 2.43. The molecule has 7 aromatic carbocycles. The molecule has 0 radical (unpaired) electrons. The maximum Gasteiger partial charge on any atom is 0.136 e. The number of benzene rings is 7. The van der Waals surface area contributed by atoms with Gasteiger partial charge in [-0.3, -0.25) is 0 Å². The van der Waals surface area contributed by atoms with Crippen molar-refractivity contribution in [3.63, 3.8) is 0 Å². The fourth-order valence-corrected chi connectivity index (χ4v) is 5.97. The summed E-state index contributed by atoms with van der Waals surface area (Å²) < 4.78 is 6.33. The van der Waals surface area contributed by atoms with E-state index in [2.05, 4.69) is 144 Å². The topological polar surface area (TPSA) is 16.4 Å². The molecule has 8 aromatic rings. The van der Waals surface area contributed by atoms with Crippen molar-refractivity contribution < 1.29 is 4.42 Å². The highest BCUT2D eigenvalue weighted by Gasteiger charge is 2.18. The minimum Gasteiger partial charge on any atom is -0.456 e. The molecule has 2 heteroatoms. The first-order valence-electron chi connectivity index (χ1n) is 13.6. The molecule has 0 unspecified atom stereocenters. The van der Waals surface area contributed by atoms with Crippen LogP contribution < -0.4 is 4.90 Å². The van der Waals surface area contributed by atoms with E-state index >= 15 is 0 Å². The highest BCUT2D eigenvalue weighted by molar-refractivity contribution is 6.20. The van der Waals surface area contributed by atoms with E-state index in [-0.39, 0.29) is 0 Å². The molecule has 0 aliphatic heterocycles. The Hall–Kier alpha value is -5.34. The maximum atomic E-state index is 6.33. The van der Waals surface area contributed by atoms with Gasteiger partial charge in [-0.2, -0.15) is 0 Å². The number of rotatable bonds is 4. The molecule has 1 heterocycles. The minimum atomic E-state index is 0.914. The molecule has 0 saturated carbocycles. The summed E-state index contributed by atoms with van der Waals surface area (Å²) in [6.45, 7) is 0. The Bertz CT molecular complexity index is 2160. The predicted molar refractivity (Wildman–Crippen MR) is 169 cm³/mol. The molecule has 2 nitrogen and oxygen atoms in total. The molecule has 0 aliphatic carbocycles. The van der Waals surface area contributed by atoms with Gasteiger partial charge in [-0.25, -0.2) is 0 Å². The van der Waals surface area contributed by atoms with E-state index in [1.165, 1.54) is 32.7 Å². The van der Waals surface area contributed by atoms with Crippen molar-refractivity contribution in [1.82, 2.24) is 0 Å². The zero-order valence-corrected chi connectivity index (χ0v) is 21.8. The van der Waals surface area contributed by atoms with Crippen molar-refractivity contribution in [2.24, 2.45) is 0 Å². The third kappa shape index (κ3) is 3.65. The van der Waals surface area contributed by atoms with Crippen LogP contribution in [-0.2, 0) is 0 Å². The summed E-state index contributed by atoms with van der Waals surface area (Å²) in [5.41, 5.74) is 7.58. The van der Waals surface area contributed by atoms with Crippen LogP contribution in [-0.4, -0.2) is 0 Å². The standard InChI is InChI=1S/C38H25NO/c1-2-13-30(14-3-1)39(32-23-18-26-10-4-5-11-28(26)24-32)31-21-19-27(20-22-31)37-33-15-7-6-12-29(33)25-36-38(37)34-16-8-9-17-35(34)40-36/h1-25H. The smallest absolute Gasteiger partial charge is 0.136 e. The largest absolute Gasteiger partial charge is 0.456 e. The fourth-order valence-electron chi connectivity index (χ4n) is 5.97. The van der Waals surface area contributed by atoms with Crippen LogP contribution in [0.5, 0.6) is 0 Å². The summed E-state index contributed by atoms with van der Waals surface area (Å²) >= 11 is 0. The lowest BCUT2D eigenvalue weighted by molar-refractivity contribution is 0.669. The second-order valence-electron chi connectivity index (χ2n) is 10.2. The first-order valence-corrected chi connectivity index (χ1v) is 13.6. The lowest BCUT2D eigenvalue weighted by Gasteiger charge is -2.26. The third-order valence-corrected chi connectivity index (χ3v) is 7.81. The van der Waals surface area contributed by atoms with Gasteiger partial charge in [0.1, 0.15) is 11.2 Å². The number of hydrogen-bond acceptors (Lipinski definition) is 2. The number of furan rings is 1. The van der Waals surface area contributed by atoms with Gasteiger partial charge in [0, 0.05) is 33.4 Å². The fraction of sp³-hybridized carbons (Fsp3) is 0. The molecule has 188 valence electrons. The van der Waals surface area contributed by atoms with E-state index in [0.29, 0.717) is 0 Å². The number of nitrogens with zero attached hydrogens (tertiary/aromatic N) is 1. The summed E-state index contributed by atoms with van der Waals surface area (Å²) in [6.07, 6.45) is 0. The van der Waals surface area contributed by atoms with E-state index in [9.17, 15) is 0 Å². The van der Waals surface area contributed by atoms with Gasteiger partial charge in [-0.1, -0.05) is 103 Å². The molecule has 0 aliphatic rings. The first kappa shape index (κ1) is 22.6. The zero-order valence-electron chi connectivity index (χ0n) is 21.8. The summed E-state index contributed by atoms with van der Waals surface area (Å²) in [7, 11) is 0. The summed E-state index contributed by atoms with van der Waals surface area (Å²) in [5, 5.41) is 7.17. The zero-order chi connectivity index (χ0) is 26.5. The van der Waals surface area contributed by atoms with Crippen LogP contribution in [0.1, 0.15) is 0 Å². The second-order valence-corrected chi connectivity index (χ2v) is 10.2. The number of hydrogen-bond donors (Lipinski definition) is 0. The monoisotopic (exact) mass is 511 g/mol. The van der Waals surface area contributed by atoms with Crippen LogP contribution in [0.4, 0.5) is 17.1 Å².